The monoisotopic (exact) mass is 202 g/mol. The van der Waals surface area contributed by atoms with Gasteiger partial charge in [0, 0.05) is 18.7 Å². The van der Waals surface area contributed by atoms with E-state index < -0.39 is 0 Å². The lowest BCUT2D eigenvalue weighted by Crippen LogP contribution is -2.43. The highest BCUT2D eigenvalue weighted by atomic mass is 32.2. The zero-order valence-corrected chi connectivity index (χ0v) is 8.95. The van der Waals surface area contributed by atoms with Gasteiger partial charge in [0.15, 0.2) is 0 Å². The molecule has 0 aromatic carbocycles. The van der Waals surface area contributed by atoms with Gasteiger partial charge in [-0.3, -0.25) is 4.79 Å². The number of nitrogens with one attached hydrogen (secondary N) is 2. The molecule has 1 aliphatic heterocycles. The topological polar surface area (TPSA) is 41.1 Å². The summed E-state index contributed by atoms with van der Waals surface area (Å²) < 4.78 is 0. The molecule has 0 aromatic rings. The summed E-state index contributed by atoms with van der Waals surface area (Å²) in [7, 11) is 0. The van der Waals surface area contributed by atoms with E-state index in [-0.39, 0.29) is 5.91 Å². The number of amides is 1. The van der Waals surface area contributed by atoms with Crippen molar-refractivity contribution in [1.29, 1.82) is 0 Å². The predicted molar refractivity (Wildman–Crippen MR) is 57.0 cm³/mol. The maximum atomic E-state index is 11.0. The van der Waals surface area contributed by atoms with E-state index >= 15 is 0 Å². The minimum absolute atomic E-state index is 0.182. The third-order valence-corrected chi connectivity index (χ3v) is 3.27. The van der Waals surface area contributed by atoms with E-state index in [9.17, 15) is 4.79 Å². The number of hydrogen-bond acceptors (Lipinski definition) is 3. The van der Waals surface area contributed by atoms with E-state index in [1.54, 1.807) is 0 Å². The SMILES string of the molecule is CCNC(=O)CCSCC1CNC1. The van der Waals surface area contributed by atoms with Crippen LogP contribution in [-0.4, -0.2) is 37.0 Å². The lowest BCUT2D eigenvalue weighted by atomic mass is 10.1. The Kier molecular flexibility index (Phi) is 5.23. The fraction of sp³-hybridized carbons (Fsp3) is 0.889. The van der Waals surface area contributed by atoms with Gasteiger partial charge in [0.25, 0.3) is 0 Å². The molecule has 0 aliphatic carbocycles. The smallest absolute Gasteiger partial charge is 0.220 e. The zero-order chi connectivity index (χ0) is 9.52. The quantitative estimate of drug-likeness (QED) is 0.615. The first kappa shape index (κ1) is 10.9. The highest BCUT2D eigenvalue weighted by molar-refractivity contribution is 7.99. The van der Waals surface area contributed by atoms with E-state index in [1.165, 1.54) is 5.75 Å². The van der Waals surface area contributed by atoms with E-state index in [0.29, 0.717) is 6.42 Å². The fourth-order valence-corrected chi connectivity index (χ4v) is 2.23. The first-order valence-electron chi connectivity index (χ1n) is 4.88. The summed E-state index contributed by atoms with van der Waals surface area (Å²) in [4.78, 5) is 11.0. The fourth-order valence-electron chi connectivity index (χ4n) is 1.17. The van der Waals surface area contributed by atoms with Crippen LogP contribution in [0.4, 0.5) is 0 Å². The second-order valence-corrected chi connectivity index (χ2v) is 4.45. The van der Waals surface area contributed by atoms with Gasteiger partial charge in [0.05, 0.1) is 0 Å². The molecule has 1 rings (SSSR count). The Morgan fingerprint density at radius 3 is 2.92 bits per heavy atom. The average molecular weight is 202 g/mol. The summed E-state index contributed by atoms with van der Waals surface area (Å²) in [6, 6.07) is 0. The number of carbonyl (C=O) groups excluding carboxylic acids is 1. The van der Waals surface area contributed by atoms with Crippen LogP contribution in [0.1, 0.15) is 13.3 Å². The van der Waals surface area contributed by atoms with Crippen LogP contribution in [0.15, 0.2) is 0 Å². The Bertz CT molecular complexity index is 160. The molecule has 13 heavy (non-hydrogen) atoms. The lowest BCUT2D eigenvalue weighted by molar-refractivity contribution is -0.120. The predicted octanol–water partition coefficient (Wildman–Crippen LogP) is 0.465. The van der Waals surface area contributed by atoms with Crippen LogP contribution in [0.5, 0.6) is 0 Å². The normalized spacial score (nSPS) is 16.7. The van der Waals surface area contributed by atoms with Gasteiger partial charge in [-0.15, -0.1) is 0 Å². The minimum atomic E-state index is 0.182. The molecule has 0 aromatic heterocycles. The first-order chi connectivity index (χ1) is 6.33. The van der Waals surface area contributed by atoms with Gasteiger partial charge in [-0.1, -0.05) is 0 Å². The van der Waals surface area contributed by atoms with Crippen molar-refractivity contribution in [2.45, 2.75) is 13.3 Å². The van der Waals surface area contributed by atoms with Crippen LogP contribution >= 0.6 is 11.8 Å². The third-order valence-electron chi connectivity index (χ3n) is 2.07. The van der Waals surface area contributed by atoms with Gasteiger partial charge in [-0.25, -0.2) is 0 Å². The molecule has 1 amide bonds. The summed E-state index contributed by atoms with van der Waals surface area (Å²) in [6.07, 6.45) is 0.665. The molecule has 3 nitrogen and oxygen atoms in total. The molecule has 4 heteroatoms. The van der Waals surface area contributed by atoms with Gasteiger partial charge in [-0.05, 0) is 31.7 Å². The molecule has 1 heterocycles. The highest BCUT2D eigenvalue weighted by Crippen LogP contribution is 2.12. The lowest BCUT2D eigenvalue weighted by Gasteiger charge is -2.26. The van der Waals surface area contributed by atoms with Crippen molar-refractivity contribution in [3.8, 4) is 0 Å². The summed E-state index contributed by atoms with van der Waals surface area (Å²) >= 11 is 1.89. The summed E-state index contributed by atoms with van der Waals surface area (Å²) in [5, 5.41) is 6.04. The van der Waals surface area contributed by atoms with Gasteiger partial charge in [-0.2, -0.15) is 11.8 Å². The average Bonchev–Trinajstić information content (AvgIpc) is 2.01. The van der Waals surface area contributed by atoms with Gasteiger partial charge >= 0.3 is 0 Å². The number of rotatable bonds is 6. The Labute approximate surface area is 84.0 Å². The first-order valence-corrected chi connectivity index (χ1v) is 6.03. The summed E-state index contributed by atoms with van der Waals surface area (Å²) in [5.41, 5.74) is 0. The van der Waals surface area contributed by atoms with Crippen LogP contribution in [0, 0.1) is 5.92 Å². The van der Waals surface area contributed by atoms with Crippen molar-refractivity contribution in [2.24, 2.45) is 5.92 Å². The number of carbonyl (C=O) groups is 1. The molecule has 1 fully saturated rings. The number of thioether (sulfide) groups is 1. The largest absolute Gasteiger partial charge is 0.356 e. The van der Waals surface area contributed by atoms with Gasteiger partial charge in [0.2, 0.25) is 5.91 Å². The molecule has 1 aliphatic rings. The van der Waals surface area contributed by atoms with E-state index in [4.69, 9.17) is 0 Å². The van der Waals surface area contributed by atoms with E-state index in [0.717, 1.165) is 31.3 Å². The molecule has 0 bridgehead atoms. The third kappa shape index (κ3) is 4.52. The van der Waals surface area contributed by atoms with Gasteiger partial charge < -0.3 is 10.6 Å². The Hall–Kier alpha value is -0.220. The number of hydrogen-bond donors (Lipinski definition) is 2. The van der Waals surface area contributed by atoms with Crippen LogP contribution < -0.4 is 10.6 Å². The molecule has 2 N–H and O–H groups in total. The Morgan fingerprint density at radius 1 is 1.62 bits per heavy atom. The zero-order valence-electron chi connectivity index (χ0n) is 8.14. The Balaban J connectivity index is 1.85. The van der Waals surface area contributed by atoms with Crippen molar-refractivity contribution in [3.05, 3.63) is 0 Å². The van der Waals surface area contributed by atoms with E-state index in [2.05, 4.69) is 10.6 Å². The van der Waals surface area contributed by atoms with Crippen molar-refractivity contribution in [3.63, 3.8) is 0 Å². The van der Waals surface area contributed by atoms with Crippen LogP contribution in [-0.2, 0) is 4.79 Å². The highest BCUT2D eigenvalue weighted by Gasteiger charge is 2.15. The second-order valence-electron chi connectivity index (χ2n) is 3.30. The van der Waals surface area contributed by atoms with Crippen molar-refractivity contribution in [1.82, 2.24) is 10.6 Å². The minimum Gasteiger partial charge on any atom is -0.356 e. The second kappa shape index (κ2) is 6.27. The van der Waals surface area contributed by atoms with Crippen LogP contribution in [0.2, 0.25) is 0 Å². The molecule has 0 unspecified atom stereocenters. The Morgan fingerprint density at radius 2 is 2.38 bits per heavy atom. The summed E-state index contributed by atoms with van der Waals surface area (Å²) in [5.74, 6) is 3.19. The van der Waals surface area contributed by atoms with Crippen LogP contribution in [0.25, 0.3) is 0 Å². The maximum absolute atomic E-state index is 11.0. The molecule has 0 spiro atoms. The standard InChI is InChI=1S/C9H18N2OS/c1-2-11-9(12)3-4-13-7-8-5-10-6-8/h8,10H,2-7H2,1H3,(H,11,12). The molecular formula is C9H18N2OS. The molecule has 0 radical (unpaired) electrons. The van der Waals surface area contributed by atoms with E-state index in [1.807, 2.05) is 18.7 Å². The van der Waals surface area contributed by atoms with Crippen molar-refractivity contribution in [2.75, 3.05) is 31.1 Å². The van der Waals surface area contributed by atoms with Gasteiger partial charge in [0.1, 0.15) is 0 Å². The van der Waals surface area contributed by atoms with Crippen LogP contribution in [0.3, 0.4) is 0 Å². The maximum Gasteiger partial charge on any atom is 0.220 e. The molecule has 0 saturated carbocycles. The van der Waals surface area contributed by atoms with Crippen molar-refractivity contribution >= 4 is 17.7 Å². The summed E-state index contributed by atoms with van der Waals surface area (Å²) in [6.45, 7) is 5.02. The van der Waals surface area contributed by atoms with Crippen molar-refractivity contribution < 1.29 is 4.79 Å². The molecule has 0 atom stereocenters. The molecule has 1 saturated heterocycles. The molecular weight excluding hydrogens is 184 g/mol. The molecule has 76 valence electrons.